The molecule has 88 valence electrons. The number of hydrogen-bond donors (Lipinski definition) is 0. The van der Waals surface area contributed by atoms with E-state index in [1.54, 1.807) is 11.8 Å². The lowest BCUT2D eigenvalue weighted by Crippen LogP contribution is -2.17. The number of rotatable bonds is 5. The third-order valence-electron chi connectivity index (χ3n) is 2.28. The van der Waals surface area contributed by atoms with Gasteiger partial charge in [-0.3, -0.25) is 4.79 Å². The molecule has 0 aliphatic carbocycles. The summed E-state index contributed by atoms with van der Waals surface area (Å²) in [7, 11) is 1.44. The van der Waals surface area contributed by atoms with Crippen molar-refractivity contribution in [2.24, 2.45) is 0 Å². The molecule has 0 heterocycles. The third-order valence-corrected chi connectivity index (χ3v) is 3.48. The van der Waals surface area contributed by atoms with Gasteiger partial charge < -0.3 is 4.74 Å². The van der Waals surface area contributed by atoms with Crippen LogP contribution in [0, 0.1) is 0 Å². The number of hydrogen-bond acceptors (Lipinski definition) is 3. The Hall–Kier alpha value is -0.960. The Morgan fingerprint density at radius 2 is 1.94 bits per heavy atom. The van der Waals surface area contributed by atoms with Crippen molar-refractivity contribution >= 4 is 17.7 Å². The van der Waals surface area contributed by atoms with E-state index >= 15 is 0 Å². The lowest BCUT2D eigenvalue weighted by atomic mass is 10.0. The van der Waals surface area contributed by atoms with Gasteiger partial charge >= 0.3 is 5.97 Å². The van der Waals surface area contributed by atoms with E-state index < -0.39 is 0 Å². The molecule has 0 amide bonds. The molecular formula is C13H18O2S. The zero-order valence-corrected chi connectivity index (χ0v) is 10.8. The largest absolute Gasteiger partial charge is 0.469 e. The van der Waals surface area contributed by atoms with Crippen LogP contribution in [0.5, 0.6) is 0 Å². The van der Waals surface area contributed by atoms with Gasteiger partial charge in [-0.25, -0.2) is 0 Å². The first-order chi connectivity index (χ1) is 7.65. The Bertz CT molecular complexity index is 322. The van der Waals surface area contributed by atoms with E-state index in [2.05, 4.69) is 13.8 Å². The van der Waals surface area contributed by atoms with Gasteiger partial charge in [0.1, 0.15) is 0 Å². The molecule has 0 bridgehead atoms. The summed E-state index contributed by atoms with van der Waals surface area (Å²) in [5, 5.41) is 0.524. The summed E-state index contributed by atoms with van der Waals surface area (Å²) in [4.78, 5) is 11.7. The van der Waals surface area contributed by atoms with Gasteiger partial charge in [-0.05, 0) is 10.8 Å². The molecule has 1 unspecified atom stereocenters. The Labute approximate surface area is 101 Å². The van der Waals surface area contributed by atoms with Crippen LogP contribution in [0.25, 0.3) is 0 Å². The zero-order valence-electron chi connectivity index (χ0n) is 9.97. The summed E-state index contributed by atoms with van der Waals surface area (Å²) in [5.41, 5.74) is 1.03. The molecule has 0 radical (unpaired) electrons. The average molecular weight is 238 g/mol. The fraction of sp³-hybridized carbons (Fsp3) is 0.462. The molecule has 0 N–H and O–H groups in total. The first kappa shape index (κ1) is 13.1. The minimum Gasteiger partial charge on any atom is -0.469 e. The molecule has 1 aromatic rings. The zero-order chi connectivity index (χ0) is 12.0. The van der Waals surface area contributed by atoms with Crippen LogP contribution in [0.2, 0.25) is 0 Å². The highest BCUT2D eigenvalue weighted by atomic mass is 32.2. The average Bonchev–Trinajstić information content (AvgIpc) is 2.30. The molecule has 0 aliphatic rings. The predicted molar refractivity (Wildman–Crippen MR) is 68.8 cm³/mol. The van der Waals surface area contributed by atoms with E-state index in [-0.39, 0.29) is 11.9 Å². The molecule has 16 heavy (non-hydrogen) atoms. The predicted octanol–water partition coefficient (Wildman–Crippen LogP) is 3.08. The van der Waals surface area contributed by atoms with Crippen LogP contribution in [-0.2, 0) is 9.53 Å². The van der Waals surface area contributed by atoms with E-state index in [0.29, 0.717) is 5.25 Å². The second-order valence-corrected chi connectivity index (χ2v) is 5.48. The number of benzene rings is 1. The van der Waals surface area contributed by atoms with E-state index in [4.69, 9.17) is 4.74 Å². The Morgan fingerprint density at radius 3 is 2.44 bits per heavy atom. The molecule has 2 nitrogen and oxygen atoms in total. The molecule has 1 aromatic carbocycles. The number of esters is 1. The van der Waals surface area contributed by atoms with Crippen LogP contribution in [0.15, 0.2) is 30.3 Å². The van der Waals surface area contributed by atoms with Crippen molar-refractivity contribution in [3.63, 3.8) is 0 Å². The number of methoxy groups -OCH3 is 1. The molecule has 0 aliphatic heterocycles. The minimum absolute atomic E-state index is 0.153. The van der Waals surface area contributed by atoms with Gasteiger partial charge in [-0.2, -0.15) is 11.8 Å². The highest BCUT2D eigenvalue weighted by molar-refractivity contribution is 7.99. The molecule has 0 fully saturated rings. The fourth-order valence-corrected chi connectivity index (χ4v) is 2.32. The monoisotopic (exact) mass is 238 g/mol. The Morgan fingerprint density at radius 1 is 1.31 bits per heavy atom. The van der Waals surface area contributed by atoms with Gasteiger partial charge in [0.15, 0.2) is 0 Å². The van der Waals surface area contributed by atoms with Gasteiger partial charge in [-0.15, -0.1) is 0 Å². The van der Waals surface area contributed by atoms with E-state index in [9.17, 15) is 4.79 Å². The standard InChI is InChI=1S/C13H18O2S/c1-10(2)16-9-12(13(14)15-3)11-7-5-4-6-8-11/h4-8,10,12H,9H2,1-3H3. The highest BCUT2D eigenvalue weighted by Crippen LogP contribution is 2.24. The Balaban J connectivity index is 2.76. The summed E-state index contributed by atoms with van der Waals surface area (Å²) in [6.07, 6.45) is 0. The van der Waals surface area contributed by atoms with Crippen LogP contribution < -0.4 is 0 Å². The van der Waals surface area contributed by atoms with Crippen LogP contribution in [0.3, 0.4) is 0 Å². The number of carbonyl (C=O) groups excluding carboxylic acids is 1. The minimum atomic E-state index is -0.154. The molecule has 0 saturated heterocycles. The molecule has 0 spiro atoms. The van der Waals surface area contributed by atoms with E-state index in [1.807, 2.05) is 30.3 Å². The first-order valence-corrected chi connectivity index (χ1v) is 6.44. The van der Waals surface area contributed by atoms with Gasteiger partial charge in [0, 0.05) is 5.75 Å². The quantitative estimate of drug-likeness (QED) is 0.737. The maximum absolute atomic E-state index is 11.7. The molecule has 1 atom stereocenters. The number of carbonyl (C=O) groups is 1. The third kappa shape index (κ3) is 3.89. The van der Waals surface area contributed by atoms with Crippen molar-refractivity contribution in [3.8, 4) is 0 Å². The number of ether oxygens (including phenoxy) is 1. The van der Waals surface area contributed by atoms with Crippen molar-refractivity contribution in [3.05, 3.63) is 35.9 Å². The fourth-order valence-electron chi connectivity index (χ4n) is 1.42. The van der Waals surface area contributed by atoms with Crippen LogP contribution in [-0.4, -0.2) is 24.1 Å². The van der Waals surface area contributed by atoms with Gasteiger partial charge in [0.05, 0.1) is 13.0 Å². The van der Waals surface area contributed by atoms with E-state index in [1.165, 1.54) is 7.11 Å². The van der Waals surface area contributed by atoms with Crippen molar-refractivity contribution in [1.82, 2.24) is 0 Å². The molecule has 1 rings (SSSR count). The van der Waals surface area contributed by atoms with Crippen molar-refractivity contribution in [1.29, 1.82) is 0 Å². The van der Waals surface area contributed by atoms with Gasteiger partial charge in [0.25, 0.3) is 0 Å². The van der Waals surface area contributed by atoms with Crippen molar-refractivity contribution < 1.29 is 9.53 Å². The van der Waals surface area contributed by atoms with Crippen LogP contribution >= 0.6 is 11.8 Å². The molecular weight excluding hydrogens is 220 g/mol. The van der Waals surface area contributed by atoms with E-state index in [0.717, 1.165) is 11.3 Å². The van der Waals surface area contributed by atoms with Gasteiger partial charge in [-0.1, -0.05) is 44.2 Å². The van der Waals surface area contributed by atoms with Gasteiger partial charge in [0.2, 0.25) is 0 Å². The second-order valence-electron chi connectivity index (χ2n) is 3.87. The van der Waals surface area contributed by atoms with Crippen molar-refractivity contribution in [2.75, 3.05) is 12.9 Å². The van der Waals surface area contributed by atoms with Crippen LogP contribution in [0.4, 0.5) is 0 Å². The topological polar surface area (TPSA) is 26.3 Å². The van der Waals surface area contributed by atoms with Crippen molar-refractivity contribution in [2.45, 2.75) is 25.0 Å². The second kappa shape index (κ2) is 6.59. The number of thioether (sulfide) groups is 1. The normalized spacial score (nSPS) is 12.5. The first-order valence-electron chi connectivity index (χ1n) is 5.39. The summed E-state index contributed by atoms with van der Waals surface area (Å²) in [5.74, 6) is 0.465. The summed E-state index contributed by atoms with van der Waals surface area (Å²) in [6.45, 7) is 4.26. The maximum Gasteiger partial charge on any atom is 0.313 e. The SMILES string of the molecule is COC(=O)C(CSC(C)C)c1ccccc1. The molecule has 0 aromatic heterocycles. The summed E-state index contributed by atoms with van der Waals surface area (Å²) in [6, 6.07) is 9.80. The summed E-state index contributed by atoms with van der Waals surface area (Å²) < 4.78 is 4.85. The molecule has 0 saturated carbocycles. The lowest BCUT2D eigenvalue weighted by Gasteiger charge is -2.15. The molecule has 3 heteroatoms. The Kier molecular flexibility index (Phi) is 5.39. The summed E-state index contributed by atoms with van der Waals surface area (Å²) >= 11 is 1.78. The maximum atomic E-state index is 11.7. The smallest absolute Gasteiger partial charge is 0.313 e. The lowest BCUT2D eigenvalue weighted by molar-refractivity contribution is -0.141. The highest BCUT2D eigenvalue weighted by Gasteiger charge is 2.21. The van der Waals surface area contributed by atoms with Crippen LogP contribution in [0.1, 0.15) is 25.3 Å².